The minimum absolute atomic E-state index is 0.0779. The Morgan fingerprint density at radius 1 is 1.00 bits per heavy atom. The second kappa shape index (κ2) is 8.88. The summed E-state index contributed by atoms with van der Waals surface area (Å²) in [4.78, 5) is 24.7. The maximum Gasteiger partial charge on any atom is 0.343 e. The molecule has 0 unspecified atom stereocenters. The van der Waals surface area contributed by atoms with Crippen molar-refractivity contribution in [2.45, 2.75) is 25.9 Å². The lowest BCUT2D eigenvalue weighted by molar-refractivity contribution is -0.117. The summed E-state index contributed by atoms with van der Waals surface area (Å²) in [5.41, 5.74) is 1.45. The van der Waals surface area contributed by atoms with E-state index in [2.05, 4.69) is 0 Å². The summed E-state index contributed by atoms with van der Waals surface area (Å²) in [6.07, 6.45) is 0.0814. The van der Waals surface area contributed by atoms with Gasteiger partial charge in [0.1, 0.15) is 29.5 Å². The second-order valence-corrected chi connectivity index (χ2v) is 7.45. The summed E-state index contributed by atoms with van der Waals surface area (Å²) in [6, 6.07) is 23.8. The Bertz CT molecular complexity index is 1260. The number of carbonyl (C=O) groups is 1. The van der Waals surface area contributed by atoms with E-state index in [1.54, 1.807) is 18.2 Å². The molecule has 1 N–H and O–H groups in total. The molecule has 5 heteroatoms. The third kappa shape index (κ3) is 4.51. The van der Waals surface area contributed by atoms with E-state index in [9.17, 15) is 14.7 Å². The first-order valence-corrected chi connectivity index (χ1v) is 10.0. The van der Waals surface area contributed by atoms with Crippen LogP contribution in [0.2, 0.25) is 0 Å². The van der Waals surface area contributed by atoms with Gasteiger partial charge in [-0.1, -0.05) is 60.7 Å². The van der Waals surface area contributed by atoms with Crippen LogP contribution >= 0.6 is 0 Å². The van der Waals surface area contributed by atoms with Gasteiger partial charge in [-0.3, -0.25) is 4.79 Å². The van der Waals surface area contributed by atoms with Gasteiger partial charge in [-0.2, -0.15) is 0 Å². The number of hydrogen-bond donors (Lipinski definition) is 1. The average Bonchev–Trinajstić information content (AvgIpc) is 2.78. The van der Waals surface area contributed by atoms with Gasteiger partial charge in [-0.05, 0) is 36.2 Å². The van der Waals surface area contributed by atoms with Crippen molar-refractivity contribution < 1.29 is 19.1 Å². The molecule has 0 spiro atoms. The van der Waals surface area contributed by atoms with Crippen LogP contribution in [-0.2, 0) is 11.4 Å². The Morgan fingerprint density at radius 2 is 1.68 bits per heavy atom. The summed E-state index contributed by atoms with van der Waals surface area (Å²) < 4.78 is 11.3. The quantitative estimate of drug-likeness (QED) is 0.421. The molecular formula is C26H22O5. The Hall–Kier alpha value is -3.86. The predicted molar refractivity (Wildman–Crippen MR) is 119 cm³/mol. The molecule has 1 atom stereocenters. The molecule has 0 saturated heterocycles. The van der Waals surface area contributed by atoms with Crippen LogP contribution in [0.25, 0.3) is 11.0 Å². The molecule has 0 saturated carbocycles. The number of fused-ring (bicyclic) bond motifs is 1. The van der Waals surface area contributed by atoms with E-state index in [4.69, 9.17) is 9.15 Å². The van der Waals surface area contributed by atoms with Gasteiger partial charge >= 0.3 is 5.63 Å². The minimum atomic E-state index is -0.655. The normalized spacial score (nSPS) is 11.9. The Kier molecular flexibility index (Phi) is 5.85. The Balaban J connectivity index is 1.76. The first-order chi connectivity index (χ1) is 15.0. The summed E-state index contributed by atoms with van der Waals surface area (Å²) in [5, 5.41) is 11.4. The molecule has 4 rings (SSSR count). The van der Waals surface area contributed by atoms with Crippen molar-refractivity contribution in [3.63, 3.8) is 0 Å². The summed E-state index contributed by atoms with van der Waals surface area (Å²) in [7, 11) is 0. The van der Waals surface area contributed by atoms with Crippen LogP contribution in [-0.4, -0.2) is 10.9 Å². The van der Waals surface area contributed by atoms with Gasteiger partial charge in [0.2, 0.25) is 0 Å². The number of hydrogen-bond acceptors (Lipinski definition) is 5. The molecule has 1 aromatic heterocycles. The maximum atomic E-state index is 12.8. The predicted octanol–water partition coefficient (Wildman–Crippen LogP) is 5.19. The third-order valence-electron chi connectivity index (χ3n) is 5.17. The van der Waals surface area contributed by atoms with Crippen molar-refractivity contribution in [2.24, 2.45) is 0 Å². The molecule has 0 radical (unpaired) electrons. The molecule has 1 heterocycles. The van der Waals surface area contributed by atoms with Crippen molar-refractivity contribution in [1.82, 2.24) is 0 Å². The fourth-order valence-corrected chi connectivity index (χ4v) is 3.68. The zero-order valence-corrected chi connectivity index (χ0v) is 17.1. The topological polar surface area (TPSA) is 76.7 Å². The molecule has 156 valence electrons. The molecule has 3 aromatic carbocycles. The molecule has 0 aliphatic carbocycles. The molecule has 0 aliphatic heterocycles. The Labute approximate surface area is 179 Å². The lowest BCUT2D eigenvalue weighted by atomic mass is 9.87. The van der Waals surface area contributed by atoms with Crippen molar-refractivity contribution in [3.8, 4) is 11.5 Å². The van der Waals surface area contributed by atoms with E-state index < -0.39 is 11.5 Å². The monoisotopic (exact) mass is 414 g/mol. The number of ether oxygens (including phenoxy) is 1. The number of Topliss-reactive ketones (excluding diaryl/α,β-unsaturated/α-hetero) is 1. The summed E-state index contributed by atoms with van der Waals surface area (Å²) in [6.45, 7) is 1.83. The standard InChI is InChI=1S/C26H22O5/c1-17(27)14-21(19-10-6-3-7-11-19)24-25(28)22-15-20(12-13-23(22)31-26(24)29)30-16-18-8-4-2-5-9-18/h2-13,15,21,28H,14,16H2,1H3/t21-/m1/s1. The Morgan fingerprint density at radius 3 is 2.35 bits per heavy atom. The van der Waals surface area contributed by atoms with E-state index in [0.29, 0.717) is 17.7 Å². The van der Waals surface area contributed by atoms with E-state index in [1.165, 1.54) is 6.92 Å². The van der Waals surface area contributed by atoms with Crippen molar-refractivity contribution in [3.05, 3.63) is 106 Å². The largest absolute Gasteiger partial charge is 0.507 e. The van der Waals surface area contributed by atoms with Crippen LogP contribution in [0.4, 0.5) is 0 Å². The maximum absolute atomic E-state index is 12.8. The van der Waals surface area contributed by atoms with Crippen LogP contribution in [0.15, 0.2) is 88.1 Å². The zero-order chi connectivity index (χ0) is 21.8. The van der Waals surface area contributed by atoms with E-state index in [1.807, 2.05) is 60.7 Å². The fourth-order valence-electron chi connectivity index (χ4n) is 3.68. The van der Waals surface area contributed by atoms with Gasteiger partial charge in [-0.15, -0.1) is 0 Å². The van der Waals surface area contributed by atoms with E-state index >= 15 is 0 Å². The van der Waals surface area contributed by atoms with Crippen LogP contribution in [0.1, 0.15) is 36.0 Å². The molecule has 0 amide bonds. The van der Waals surface area contributed by atoms with Gasteiger partial charge in [0.05, 0.1) is 10.9 Å². The third-order valence-corrected chi connectivity index (χ3v) is 5.17. The molecule has 5 nitrogen and oxygen atoms in total. The highest BCUT2D eigenvalue weighted by Crippen LogP contribution is 2.37. The molecule has 0 fully saturated rings. The van der Waals surface area contributed by atoms with Gasteiger partial charge in [0, 0.05) is 12.3 Å². The number of aromatic hydroxyl groups is 1. The van der Waals surface area contributed by atoms with Gasteiger partial charge < -0.3 is 14.3 Å². The smallest absolute Gasteiger partial charge is 0.343 e. The summed E-state index contributed by atoms with van der Waals surface area (Å²) in [5.74, 6) is -0.346. The fraction of sp³-hybridized carbons (Fsp3) is 0.154. The average molecular weight is 414 g/mol. The molecule has 0 aliphatic rings. The molecule has 31 heavy (non-hydrogen) atoms. The van der Waals surface area contributed by atoms with Crippen molar-refractivity contribution in [2.75, 3.05) is 0 Å². The number of benzene rings is 3. The van der Waals surface area contributed by atoms with Gasteiger partial charge in [0.15, 0.2) is 0 Å². The number of ketones is 1. The molecule has 0 bridgehead atoms. The van der Waals surface area contributed by atoms with E-state index in [0.717, 1.165) is 11.1 Å². The van der Waals surface area contributed by atoms with Crippen molar-refractivity contribution in [1.29, 1.82) is 0 Å². The van der Waals surface area contributed by atoms with Crippen LogP contribution < -0.4 is 10.4 Å². The van der Waals surface area contributed by atoms with Crippen LogP contribution in [0.5, 0.6) is 11.5 Å². The SMILES string of the molecule is CC(=O)C[C@H](c1ccccc1)c1c(O)c2cc(OCc3ccccc3)ccc2oc1=O. The summed E-state index contributed by atoms with van der Waals surface area (Å²) >= 11 is 0. The van der Waals surface area contributed by atoms with Crippen LogP contribution in [0, 0.1) is 0 Å². The molecule has 4 aromatic rings. The van der Waals surface area contributed by atoms with Gasteiger partial charge in [0.25, 0.3) is 0 Å². The zero-order valence-electron chi connectivity index (χ0n) is 17.1. The highest BCUT2D eigenvalue weighted by atomic mass is 16.5. The van der Waals surface area contributed by atoms with Gasteiger partial charge in [-0.25, -0.2) is 4.79 Å². The lowest BCUT2D eigenvalue weighted by Crippen LogP contribution is -2.16. The number of carbonyl (C=O) groups excluding carboxylic acids is 1. The molecular weight excluding hydrogens is 392 g/mol. The first-order valence-electron chi connectivity index (χ1n) is 10.0. The number of rotatable bonds is 7. The van der Waals surface area contributed by atoms with Crippen molar-refractivity contribution >= 4 is 16.8 Å². The van der Waals surface area contributed by atoms with E-state index in [-0.39, 0.29) is 29.1 Å². The highest BCUT2D eigenvalue weighted by molar-refractivity contribution is 5.86. The first kappa shape index (κ1) is 20.4. The minimum Gasteiger partial charge on any atom is -0.507 e. The highest BCUT2D eigenvalue weighted by Gasteiger charge is 2.26. The lowest BCUT2D eigenvalue weighted by Gasteiger charge is -2.17. The second-order valence-electron chi connectivity index (χ2n) is 7.45. The van der Waals surface area contributed by atoms with Crippen LogP contribution in [0.3, 0.4) is 0 Å².